The van der Waals surface area contributed by atoms with Crippen molar-refractivity contribution < 1.29 is 13.2 Å². The normalized spacial score (nSPS) is 10.6. The SMILES string of the molecule is CNS(=O)(=O)c1cccc(NC(=O)CCN)c1.Cl. The van der Waals surface area contributed by atoms with Crippen molar-refractivity contribution >= 4 is 34.0 Å². The summed E-state index contributed by atoms with van der Waals surface area (Å²) in [4.78, 5) is 11.4. The third-order valence-corrected chi connectivity index (χ3v) is 3.48. The van der Waals surface area contributed by atoms with Crippen molar-refractivity contribution in [3.63, 3.8) is 0 Å². The zero-order valence-electron chi connectivity index (χ0n) is 9.84. The zero-order valence-corrected chi connectivity index (χ0v) is 11.5. The first-order valence-electron chi connectivity index (χ1n) is 5.03. The molecule has 0 saturated carbocycles. The number of nitrogens with one attached hydrogen (secondary N) is 2. The molecule has 8 heteroatoms. The zero-order chi connectivity index (χ0) is 12.9. The standard InChI is InChI=1S/C10H15N3O3S.ClH/c1-12-17(15,16)9-4-2-3-8(7-9)13-10(14)5-6-11;/h2-4,7,12H,5-6,11H2,1H3,(H,13,14);1H. The summed E-state index contributed by atoms with van der Waals surface area (Å²) in [6.07, 6.45) is 0.197. The Balaban J connectivity index is 0.00000289. The molecule has 1 aromatic rings. The number of hydrogen-bond donors (Lipinski definition) is 3. The van der Waals surface area contributed by atoms with Crippen LogP contribution in [0.4, 0.5) is 5.69 Å². The Morgan fingerprint density at radius 2 is 2.06 bits per heavy atom. The topological polar surface area (TPSA) is 101 Å². The van der Waals surface area contributed by atoms with E-state index in [1.807, 2.05) is 0 Å². The highest BCUT2D eigenvalue weighted by Crippen LogP contribution is 2.15. The molecule has 0 radical (unpaired) electrons. The summed E-state index contributed by atoms with van der Waals surface area (Å²) < 4.78 is 25.2. The molecule has 0 fully saturated rings. The monoisotopic (exact) mass is 293 g/mol. The van der Waals surface area contributed by atoms with Gasteiger partial charge in [0, 0.05) is 18.7 Å². The second kappa shape index (κ2) is 7.32. The Labute approximate surface area is 112 Å². The van der Waals surface area contributed by atoms with E-state index in [1.54, 1.807) is 12.1 Å². The number of sulfonamides is 1. The van der Waals surface area contributed by atoms with Crippen molar-refractivity contribution in [2.24, 2.45) is 5.73 Å². The second-order valence-corrected chi connectivity index (χ2v) is 5.21. The number of carbonyl (C=O) groups is 1. The molecule has 1 amide bonds. The molecule has 0 bridgehead atoms. The molecule has 102 valence electrons. The van der Waals surface area contributed by atoms with Crippen LogP contribution in [0.5, 0.6) is 0 Å². The second-order valence-electron chi connectivity index (χ2n) is 3.32. The van der Waals surface area contributed by atoms with Gasteiger partial charge in [-0.2, -0.15) is 0 Å². The fraction of sp³-hybridized carbons (Fsp3) is 0.300. The van der Waals surface area contributed by atoms with E-state index in [9.17, 15) is 13.2 Å². The third kappa shape index (κ3) is 4.61. The molecule has 18 heavy (non-hydrogen) atoms. The Hall–Kier alpha value is -1.15. The van der Waals surface area contributed by atoms with E-state index >= 15 is 0 Å². The molecule has 6 nitrogen and oxygen atoms in total. The fourth-order valence-electron chi connectivity index (χ4n) is 1.21. The van der Waals surface area contributed by atoms with Gasteiger partial charge in [-0.1, -0.05) is 6.07 Å². The minimum Gasteiger partial charge on any atom is -0.330 e. The first-order chi connectivity index (χ1) is 7.99. The molecule has 0 spiro atoms. The highest BCUT2D eigenvalue weighted by molar-refractivity contribution is 7.89. The summed E-state index contributed by atoms with van der Waals surface area (Å²) in [6.45, 7) is 0.250. The van der Waals surface area contributed by atoms with Gasteiger partial charge in [0.25, 0.3) is 0 Å². The first kappa shape index (κ1) is 16.9. The molecule has 1 aromatic carbocycles. The molecule has 0 aromatic heterocycles. The summed E-state index contributed by atoms with van der Waals surface area (Å²) in [5.41, 5.74) is 5.67. The van der Waals surface area contributed by atoms with E-state index < -0.39 is 10.0 Å². The number of amides is 1. The molecule has 0 saturated heterocycles. The molecular weight excluding hydrogens is 278 g/mol. The maximum atomic E-state index is 11.5. The Morgan fingerprint density at radius 1 is 1.39 bits per heavy atom. The summed E-state index contributed by atoms with van der Waals surface area (Å²) in [5, 5.41) is 2.57. The highest BCUT2D eigenvalue weighted by atomic mass is 35.5. The van der Waals surface area contributed by atoms with Crippen molar-refractivity contribution in [3.05, 3.63) is 24.3 Å². The van der Waals surface area contributed by atoms with Crippen LogP contribution in [0.3, 0.4) is 0 Å². The van der Waals surface area contributed by atoms with E-state index in [2.05, 4.69) is 10.0 Å². The maximum Gasteiger partial charge on any atom is 0.240 e. The van der Waals surface area contributed by atoms with E-state index in [1.165, 1.54) is 19.2 Å². The van der Waals surface area contributed by atoms with E-state index in [4.69, 9.17) is 5.73 Å². The fourth-order valence-corrected chi connectivity index (χ4v) is 1.99. The van der Waals surface area contributed by atoms with Gasteiger partial charge < -0.3 is 11.1 Å². The van der Waals surface area contributed by atoms with Gasteiger partial charge in [-0.15, -0.1) is 12.4 Å². The lowest BCUT2D eigenvalue weighted by Gasteiger charge is -2.07. The minimum atomic E-state index is -3.49. The predicted octanol–water partition coefficient (Wildman–Crippen LogP) is 0.304. The Kier molecular flexibility index (Phi) is 6.85. The highest BCUT2D eigenvalue weighted by Gasteiger charge is 2.11. The number of rotatable bonds is 5. The smallest absolute Gasteiger partial charge is 0.240 e. The van der Waals surface area contributed by atoms with E-state index in [-0.39, 0.29) is 36.2 Å². The van der Waals surface area contributed by atoms with Crippen LogP contribution >= 0.6 is 12.4 Å². The van der Waals surface area contributed by atoms with Crippen LogP contribution in [0.15, 0.2) is 29.2 Å². The minimum absolute atomic E-state index is 0. The lowest BCUT2D eigenvalue weighted by Crippen LogP contribution is -2.19. The van der Waals surface area contributed by atoms with Gasteiger partial charge in [0.15, 0.2) is 0 Å². The molecular formula is C10H16ClN3O3S. The maximum absolute atomic E-state index is 11.5. The summed E-state index contributed by atoms with van der Waals surface area (Å²) >= 11 is 0. The predicted molar refractivity (Wildman–Crippen MR) is 72.2 cm³/mol. The van der Waals surface area contributed by atoms with Crippen LogP contribution in [-0.2, 0) is 14.8 Å². The Morgan fingerprint density at radius 3 is 2.61 bits per heavy atom. The van der Waals surface area contributed by atoms with Gasteiger partial charge >= 0.3 is 0 Å². The van der Waals surface area contributed by atoms with E-state index in [0.29, 0.717) is 5.69 Å². The first-order valence-corrected chi connectivity index (χ1v) is 6.51. The number of hydrogen-bond acceptors (Lipinski definition) is 4. The number of halogens is 1. The van der Waals surface area contributed by atoms with Crippen LogP contribution in [-0.4, -0.2) is 27.9 Å². The number of nitrogens with two attached hydrogens (primary N) is 1. The molecule has 0 aliphatic carbocycles. The van der Waals surface area contributed by atoms with Crippen molar-refractivity contribution in [1.82, 2.24) is 4.72 Å². The van der Waals surface area contributed by atoms with Crippen LogP contribution in [0.2, 0.25) is 0 Å². The number of carbonyl (C=O) groups excluding carboxylic acids is 1. The van der Waals surface area contributed by atoms with Gasteiger partial charge in [-0.3, -0.25) is 4.79 Å². The van der Waals surface area contributed by atoms with Gasteiger partial charge in [0.2, 0.25) is 15.9 Å². The quantitative estimate of drug-likeness (QED) is 0.727. The van der Waals surface area contributed by atoms with E-state index in [0.717, 1.165) is 0 Å². The van der Waals surface area contributed by atoms with Crippen molar-refractivity contribution in [2.45, 2.75) is 11.3 Å². The van der Waals surface area contributed by atoms with Gasteiger partial charge in [0.1, 0.15) is 0 Å². The lowest BCUT2D eigenvalue weighted by molar-refractivity contribution is -0.116. The summed E-state index contributed by atoms with van der Waals surface area (Å²) in [5.74, 6) is -0.244. The summed E-state index contributed by atoms with van der Waals surface area (Å²) in [6, 6.07) is 6.01. The number of benzene rings is 1. The molecule has 0 heterocycles. The van der Waals surface area contributed by atoms with Crippen molar-refractivity contribution in [1.29, 1.82) is 0 Å². The molecule has 0 aliphatic rings. The average molecular weight is 294 g/mol. The summed E-state index contributed by atoms with van der Waals surface area (Å²) in [7, 11) is -2.17. The van der Waals surface area contributed by atoms with Gasteiger partial charge in [-0.05, 0) is 25.2 Å². The molecule has 0 aliphatic heterocycles. The molecule has 0 unspecified atom stereocenters. The molecule has 0 atom stereocenters. The lowest BCUT2D eigenvalue weighted by atomic mass is 10.3. The van der Waals surface area contributed by atoms with Crippen LogP contribution in [0.1, 0.15) is 6.42 Å². The van der Waals surface area contributed by atoms with Crippen molar-refractivity contribution in [3.8, 4) is 0 Å². The van der Waals surface area contributed by atoms with Crippen LogP contribution in [0, 0.1) is 0 Å². The molecule has 4 N–H and O–H groups in total. The van der Waals surface area contributed by atoms with Gasteiger partial charge in [-0.25, -0.2) is 13.1 Å². The largest absolute Gasteiger partial charge is 0.330 e. The number of anilines is 1. The van der Waals surface area contributed by atoms with Gasteiger partial charge in [0.05, 0.1) is 4.90 Å². The Bertz CT molecular complexity index is 505. The van der Waals surface area contributed by atoms with Crippen LogP contribution < -0.4 is 15.8 Å². The third-order valence-electron chi connectivity index (χ3n) is 2.07. The average Bonchev–Trinajstić information content (AvgIpc) is 2.29. The van der Waals surface area contributed by atoms with Crippen molar-refractivity contribution in [2.75, 3.05) is 18.9 Å². The van der Waals surface area contributed by atoms with Crippen LogP contribution in [0.25, 0.3) is 0 Å². The molecule has 1 rings (SSSR count).